The normalized spacial score (nSPS) is 15.5. The van der Waals surface area contributed by atoms with Crippen molar-refractivity contribution in [2.45, 2.75) is 19.8 Å². The van der Waals surface area contributed by atoms with Crippen LogP contribution in [0, 0.1) is 5.92 Å². The number of hydrogen-bond donors (Lipinski definition) is 0. The predicted octanol–water partition coefficient (Wildman–Crippen LogP) is 2.63. The lowest BCUT2D eigenvalue weighted by Crippen LogP contribution is -2.42. The Labute approximate surface area is 138 Å². The largest absolute Gasteiger partial charge is 0.483 e. The Bertz CT molecular complexity index is 527. The molecule has 0 spiro atoms. The van der Waals surface area contributed by atoms with Crippen molar-refractivity contribution < 1.29 is 19.1 Å². The molecule has 1 amide bonds. The Morgan fingerprint density at radius 3 is 2.59 bits per heavy atom. The molecule has 120 valence electrons. The van der Waals surface area contributed by atoms with Crippen molar-refractivity contribution in [1.29, 1.82) is 0 Å². The number of carbonyl (C=O) groups is 2. The van der Waals surface area contributed by atoms with E-state index in [0.29, 0.717) is 38.3 Å². The topological polar surface area (TPSA) is 55.8 Å². The fourth-order valence-electron chi connectivity index (χ4n) is 2.42. The number of rotatable bonds is 5. The molecule has 0 aliphatic carbocycles. The summed E-state index contributed by atoms with van der Waals surface area (Å²) in [4.78, 5) is 25.6. The number of hydrogen-bond acceptors (Lipinski definition) is 4. The van der Waals surface area contributed by atoms with Gasteiger partial charge < -0.3 is 14.4 Å². The zero-order valence-electron chi connectivity index (χ0n) is 12.6. The highest BCUT2D eigenvalue weighted by Crippen LogP contribution is 2.24. The number of nitrogens with zero attached hydrogens (tertiary/aromatic N) is 1. The number of piperidine rings is 1. The molecule has 6 heteroatoms. The number of amides is 1. The Hall–Kier alpha value is -1.56. The molecule has 5 nitrogen and oxygen atoms in total. The second-order valence-corrected chi connectivity index (χ2v) is 5.98. The smallest absolute Gasteiger partial charge is 0.309 e. The summed E-state index contributed by atoms with van der Waals surface area (Å²) in [6.45, 7) is 3.35. The molecule has 0 bridgehead atoms. The van der Waals surface area contributed by atoms with E-state index >= 15 is 0 Å². The first-order valence-corrected chi connectivity index (χ1v) is 8.23. The number of halogens is 1. The molecule has 1 aliphatic heterocycles. The van der Waals surface area contributed by atoms with E-state index < -0.39 is 0 Å². The summed E-state index contributed by atoms with van der Waals surface area (Å²) in [5.74, 6) is 0.350. The van der Waals surface area contributed by atoms with E-state index in [9.17, 15) is 9.59 Å². The molecule has 1 heterocycles. The van der Waals surface area contributed by atoms with E-state index in [1.807, 2.05) is 24.3 Å². The molecule has 0 unspecified atom stereocenters. The van der Waals surface area contributed by atoms with Gasteiger partial charge in [-0.3, -0.25) is 9.59 Å². The van der Waals surface area contributed by atoms with Crippen LogP contribution in [-0.4, -0.2) is 43.1 Å². The van der Waals surface area contributed by atoms with Gasteiger partial charge >= 0.3 is 5.97 Å². The maximum absolute atomic E-state index is 12.2. The van der Waals surface area contributed by atoms with Crippen molar-refractivity contribution in [1.82, 2.24) is 4.90 Å². The molecule has 0 aromatic heterocycles. The van der Waals surface area contributed by atoms with Crippen LogP contribution in [0.15, 0.2) is 28.7 Å². The molecule has 0 saturated carbocycles. The molecule has 0 radical (unpaired) electrons. The molecular weight excluding hydrogens is 350 g/mol. The van der Waals surface area contributed by atoms with Crippen molar-refractivity contribution in [2.75, 3.05) is 26.3 Å². The molecule has 1 fully saturated rings. The Kier molecular flexibility index (Phi) is 6.24. The van der Waals surface area contributed by atoms with E-state index in [1.165, 1.54) is 0 Å². The summed E-state index contributed by atoms with van der Waals surface area (Å²) in [5.41, 5.74) is 0. The van der Waals surface area contributed by atoms with Crippen LogP contribution >= 0.6 is 15.9 Å². The van der Waals surface area contributed by atoms with E-state index in [0.717, 1.165) is 4.47 Å². The van der Waals surface area contributed by atoms with E-state index in [4.69, 9.17) is 9.47 Å². The summed E-state index contributed by atoms with van der Waals surface area (Å²) >= 11 is 3.38. The van der Waals surface area contributed by atoms with Gasteiger partial charge in [0.05, 0.1) is 17.0 Å². The third-order valence-electron chi connectivity index (χ3n) is 3.66. The van der Waals surface area contributed by atoms with Gasteiger partial charge in [-0.15, -0.1) is 0 Å². The quantitative estimate of drug-likeness (QED) is 0.748. The average Bonchev–Trinajstić information content (AvgIpc) is 2.54. The highest BCUT2D eigenvalue weighted by molar-refractivity contribution is 9.10. The van der Waals surface area contributed by atoms with Gasteiger partial charge in [-0.25, -0.2) is 0 Å². The minimum absolute atomic E-state index is 0.00663. The summed E-state index contributed by atoms with van der Waals surface area (Å²) in [7, 11) is 0. The highest BCUT2D eigenvalue weighted by atomic mass is 79.9. The van der Waals surface area contributed by atoms with E-state index in [-0.39, 0.29) is 24.4 Å². The van der Waals surface area contributed by atoms with Gasteiger partial charge in [-0.2, -0.15) is 0 Å². The fraction of sp³-hybridized carbons (Fsp3) is 0.500. The van der Waals surface area contributed by atoms with Crippen LogP contribution in [0.5, 0.6) is 5.75 Å². The van der Waals surface area contributed by atoms with Gasteiger partial charge in [-0.1, -0.05) is 12.1 Å². The zero-order valence-corrected chi connectivity index (χ0v) is 14.2. The van der Waals surface area contributed by atoms with Gasteiger partial charge in [0.1, 0.15) is 5.75 Å². The van der Waals surface area contributed by atoms with Crippen LogP contribution in [0.3, 0.4) is 0 Å². The van der Waals surface area contributed by atoms with Gasteiger partial charge in [0.15, 0.2) is 6.61 Å². The zero-order chi connectivity index (χ0) is 15.9. The van der Waals surface area contributed by atoms with E-state index in [2.05, 4.69) is 15.9 Å². The summed E-state index contributed by atoms with van der Waals surface area (Å²) in [6, 6.07) is 7.42. The standard InChI is InChI=1S/C16H20BrNO4/c1-2-21-16(20)12-7-9-18(10-8-12)15(19)11-22-14-6-4-3-5-13(14)17/h3-6,12H,2,7-11H2,1H3. The second kappa shape index (κ2) is 8.17. The summed E-state index contributed by atoms with van der Waals surface area (Å²) in [5, 5.41) is 0. The lowest BCUT2D eigenvalue weighted by atomic mass is 9.97. The lowest BCUT2D eigenvalue weighted by molar-refractivity contribution is -0.151. The molecule has 1 aromatic carbocycles. The Balaban J connectivity index is 1.78. The molecular formula is C16H20BrNO4. The highest BCUT2D eigenvalue weighted by Gasteiger charge is 2.28. The van der Waals surface area contributed by atoms with Gasteiger partial charge in [-0.05, 0) is 47.8 Å². The molecule has 1 aliphatic rings. The average molecular weight is 370 g/mol. The lowest BCUT2D eigenvalue weighted by Gasteiger charge is -2.30. The summed E-state index contributed by atoms with van der Waals surface area (Å²) in [6.07, 6.45) is 1.30. The number of likely N-dealkylation sites (tertiary alicyclic amines) is 1. The van der Waals surface area contributed by atoms with Crippen LogP contribution in [0.4, 0.5) is 0 Å². The number of ether oxygens (including phenoxy) is 2. The van der Waals surface area contributed by atoms with Crippen LogP contribution in [0.2, 0.25) is 0 Å². The maximum atomic E-state index is 12.2. The first-order chi connectivity index (χ1) is 10.6. The predicted molar refractivity (Wildman–Crippen MR) is 85.6 cm³/mol. The molecule has 0 N–H and O–H groups in total. The van der Waals surface area contributed by atoms with Crippen molar-refractivity contribution in [3.8, 4) is 5.75 Å². The van der Waals surface area contributed by atoms with Gasteiger partial charge in [0.2, 0.25) is 0 Å². The monoisotopic (exact) mass is 369 g/mol. The fourth-order valence-corrected chi connectivity index (χ4v) is 2.82. The Morgan fingerprint density at radius 2 is 1.95 bits per heavy atom. The number of carbonyl (C=O) groups excluding carboxylic acids is 2. The number of esters is 1. The SMILES string of the molecule is CCOC(=O)C1CCN(C(=O)COc2ccccc2Br)CC1. The number of benzene rings is 1. The van der Waals surface area contributed by atoms with Crippen LogP contribution in [-0.2, 0) is 14.3 Å². The van der Waals surface area contributed by atoms with Crippen LogP contribution < -0.4 is 4.74 Å². The van der Waals surface area contributed by atoms with Crippen molar-refractivity contribution >= 4 is 27.8 Å². The summed E-state index contributed by atoms with van der Waals surface area (Å²) < 4.78 is 11.4. The molecule has 22 heavy (non-hydrogen) atoms. The first kappa shape index (κ1) is 16.8. The molecule has 1 saturated heterocycles. The third kappa shape index (κ3) is 4.47. The minimum atomic E-state index is -0.154. The van der Waals surface area contributed by atoms with Crippen molar-refractivity contribution in [3.05, 3.63) is 28.7 Å². The maximum Gasteiger partial charge on any atom is 0.309 e. The first-order valence-electron chi connectivity index (χ1n) is 7.43. The van der Waals surface area contributed by atoms with Crippen LogP contribution in [0.25, 0.3) is 0 Å². The minimum Gasteiger partial charge on any atom is -0.483 e. The van der Waals surface area contributed by atoms with Gasteiger partial charge in [0.25, 0.3) is 5.91 Å². The second-order valence-electron chi connectivity index (χ2n) is 5.13. The van der Waals surface area contributed by atoms with Gasteiger partial charge in [0, 0.05) is 13.1 Å². The molecule has 1 aromatic rings. The van der Waals surface area contributed by atoms with Crippen LogP contribution in [0.1, 0.15) is 19.8 Å². The molecule has 2 rings (SSSR count). The molecule has 0 atom stereocenters. The number of para-hydroxylation sites is 1. The van der Waals surface area contributed by atoms with Crippen molar-refractivity contribution in [2.24, 2.45) is 5.92 Å². The van der Waals surface area contributed by atoms with Crippen molar-refractivity contribution in [3.63, 3.8) is 0 Å². The Morgan fingerprint density at radius 1 is 1.27 bits per heavy atom. The third-order valence-corrected chi connectivity index (χ3v) is 4.31. The van der Waals surface area contributed by atoms with E-state index in [1.54, 1.807) is 11.8 Å².